The van der Waals surface area contributed by atoms with E-state index in [4.69, 9.17) is 0 Å². The average molecular weight is 370 g/mol. The second kappa shape index (κ2) is 6.77. The fourth-order valence-corrected chi connectivity index (χ4v) is 3.62. The highest BCUT2D eigenvalue weighted by molar-refractivity contribution is 6.00. The molecule has 0 atom stereocenters. The Morgan fingerprint density at radius 2 is 1.86 bits per heavy atom. The Hall–Kier alpha value is -3.74. The van der Waals surface area contributed by atoms with Gasteiger partial charge in [0.05, 0.1) is 18.3 Å². The number of piperazine rings is 1. The highest BCUT2D eigenvalue weighted by atomic mass is 16.2. The summed E-state index contributed by atoms with van der Waals surface area (Å²) in [5, 5.41) is 7.79. The van der Waals surface area contributed by atoms with Crippen molar-refractivity contribution in [2.24, 2.45) is 0 Å². The molecule has 7 nitrogen and oxygen atoms in total. The summed E-state index contributed by atoms with van der Waals surface area (Å²) in [4.78, 5) is 25.5. The number of nitrogens with one attached hydrogen (secondary N) is 1. The molecule has 0 radical (unpaired) electrons. The Morgan fingerprint density at radius 1 is 0.964 bits per heavy atom. The van der Waals surface area contributed by atoms with Gasteiger partial charge in [0, 0.05) is 35.9 Å². The monoisotopic (exact) mass is 370 g/mol. The Kier molecular flexibility index (Phi) is 3.97. The molecule has 2 aromatic carbocycles. The molecule has 4 aromatic rings. The fourth-order valence-electron chi connectivity index (χ4n) is 3.62. The molecular formula is C21H18N6O. The molecule has 1 N–H and O–H groups in total. The first kappa shape index (κ1) is 16.4. The van der Waals surface area contributed by atoms with Gasteiger partial charge in [0.25, 0.3) is 0 Å². The van der Waals surface area contributed by atoms with Crippen molar-refractivity contribution in [2.45, 2.75) is 0 Å². The summed E-state index contributed by atoms with van der Waals surface area (Å²) >= 11 is 0. The summed E-state index contributed by atoms with van der Waals surface area (Å²) in [6, 6.07) is 15.8. The van der Waals surface area contributed by atoms with Crippen LogP contribution in [0.1, 0.15) is 0 Å². The standard InChI is InChI=1S/C21H18N6O/c28-20-13-26(8-9-27(20)17-4-2-1-3-5-17)21-18-10-15(16-11-24-25-12-16)6-7-19(18)22-14-23-21/h1-7,10-12,14H,8-9,13H2,(H,24,25). The van der Waals surface area contributed by atoms with E-state index in [9.17, 15) is 4.79 Å². The molecule has 0 bridgehead atoms. The van der Waals surface area contributed by atoms with Gasteiger partial charge < -0.3 is 9.80 Å². The number of hydrogen-bond donors (Lipinski definition) is 1. The maximum absolute atomic E-state index is 12.8. The van der Waals surface area contributed by atoms with Crippen LogP contribution in [-0.2, 0) is 4.79 Å². The van der Waals surface area contributed by atoms with E-state index >= 15 is 0 Å². The van der Waals surface area contributed by atoms with Crippen molar-refractivity contribution in [1.82, 2.24) is 20.2 Å². The van der Waals surface area contributed by atoms with E-state index in [1.165, 1.54) is 0 Å². The molecule has 0 unspecified atom stereocenters. The molecule has 1 saturated heterocycles. The molecule has 0 spiro atoms. The number of rotatable bonds is 3. The molecule has 0 aliphatic carbocycles. The molecule has 28 heavy (non-hydrogen) atoms. The van der Waals surface area contributed by atoms with E-state index in [1.54, 1.807) is 12.5 Å². The minimum Gasteiger partial charge on any atom is -0.345 e. The summed E-state index contributed by atoms with van der Waals surface area (Å²) in [6.07, 6.45) is 5.20. The van der Waals surface area contributed by atoms with Crippen LogP contribution in [0.5, 0.6) is 0 Å². The second-order valence-electron chi connectivity index (χ2n) is 6.72. The van der Waals surface area contributed by atoms with Crippen LogP contribution in [0.25, 0.3) is 22.0 Å². The topological polar surface area (TPSA) is 78.0 Å². The summed E-state index contributed by atoms with van der Waals surface area (Å²) in [5.74, 6) is 0.853. The Bertz CT molecular complexity index is 1130. The number of anilines is 2. The van der Waals surface area contributed by atoms with Crippen LogP contribution in [0.4, 0.5) is 11.5 Å². The number of benzene rings is 2. The van der Waals surface area contributed by atoms with Crippen molar-refractivity contribution in [1.29, 1.82) is 0 Å². The first-order chi connectivity index (χ1) is 13.8. The van der Waals surface area contributed by atoms with Crippen LogP contribution in [-0.4, -0.2) is 45.7 Å². The molecule has 7 heteroatoms. The lowest BCUT2D eigenvalue weighted by Gasteiger charge is -2.35. The number of para-hydroxylation sites is 1. The van der Waals surface area contributed by atoms with Crippen molar-refractivity contribution < 1.29 is 4.79 Å². The van der Waals surface area contributed by atoms with Gasteiger partial charge in [-0.2, -0.15) is 5.10 Å². The minimum absolute atomic E-state index is 0.0650. The molecular weight excluding hydrogens is 352 g/mol. The molecule has 2 aromatic heterocycles. The molecule has 1 amide bonds. The molecule has 1 aliphatic rings. The van der Waals surface area contributed by atoms with E-state index in [2.05, 4.69) is 26.2 Å². The van der Waals surface area contributed by atoms with Crippen molar-refractivity contribution in [3.05, 3.63) is 67.3 Å². The molecule has 1 fully saturated rings. The Morgan fingerprint density at radius 3 is 2.64 bits per heavy atom. The minimum atomic E-state index is 0.0650. The summed E-state index contributed by atoms with van der Waals surface area (Å²) in [5.41, 5.74) is 3.82. The van der Waals surface area contributed by atoms with E-state index in [0.717, 1.165) is 33.5 Å². The zero-order valence-electron chi connectivity index (χ0n) is 15.1. The second-order valence-corrected chi connectivity index (χ2v) is 6.72. The van der Waals surface area contributed by atoms with Crippen LogP contribution in [0.3, 0.4) is 0 Å². The van der Waals surface area contributed by atoms with E-state index < -0.39 is 0 Å². The third kappa shape index (κ3) is 2.87. The number of carbonyl (C=O) groups excluding carboxylic acids is 1. The van der Waals surface area contributed by atoms with Crippen LogP contribution >= 0.6 is 0 Å². The van der Waals surface area contributed by atoms with E-state index in [0.29, 0.717) is 13.1 Å². The molecule has 1 aliphatic heterocycles. The molecule has 5 rings (SSSR count). The van der Waals surface area contributed by atoms with E-state index in [1.807, 2.05) is 58.5 Å². The number of amides is 1. The van der Waals surface area contributed by atoms with Gasteiger partial charge in [0.1, 0.15) is 12.1 Å². The predicted molar refractivity (Wildman–Crippen MR) is 108 cm³/mol. The number of fused-ring (bicyclic) bond motifs is 1. The summed E-state index contributed by atoms with van der Waals surface area (Å²) in [7, 11) is 0. The number of H-pyrrole nitrogens is 1. The van der Waals surface area contributed by atoms with Crippen molar-refractivity contribution in [2.75, 3.05) is 29.4 Å². The van der Waals surface area contributed by atoms with Gasteiger partial charge in [-0.1, -0.05) is 24.3 Å². The van der Waals surface area contributed by atoms with Crippen LogP contribution in [0.2, 0.25) is 0 Å². The maximum Gasteiger partial charge on any atom is 0.246 e. The first-order valence-corrected chi connectivity index (χ1v) is 9.14. The third-order valence-electron chi connectivity index (χ3n) is 5.03. The number of nitrogens with zero attached hydrogens (tertiary/aromatic N) is 5. The van der Waals surface area contributed by atoms with Gasteiger partial charge in [0.15, 0.2) is 0 Å². The summed E-state index contributed by atoms with van der Waals surface area (Å²) < 4.78 is 0. The van der Waals surface area contributed by atoms with E-state index in [-0.39, 0.29) is 12.5 Å². The molecule has 138 valence electrons. The highest BCUT2D eigenvalue weighted by Gasteiger charge is 2.27. The number of aromatic nitrogens is 4. The normalized spacial score (nSPS) is 14.6. The van der Waals surface area contributed by atoms with Gasteiger partial charge in [-0.15, -0.1) is 0 Å². The van der Waals surface area contributed by atoms with Crippen LogP contribution < -0.4 is 9.80 Å². The van der Waals surface area contributed by atoms with Crippen molar-refractivity contribution >= 4 is 28.3 Å². The Balaban J connectivity index is 1.48. The SMILES string of the molecule is O=C1CN(c2ncnc3ccc(-c4cn[nH]c4)cc23)CCN1c1ccccc1. The largest absolute Gasteiger partial charge is 0.345 e. The van der Waals surface area contributed by atoms with Crippen molar-refractivity contribution in [3.63, 3.8) is 0 Å². The van der Waals surface area contributed by atoms with Gasteiger partial charge in [-0.3, -0.25) is 9.89 Å². The van der Waals surface area contributed by atoms with Crippen LogP contribution in [0, 0.1) is 0 Å². The van der Waals surface area contributed by atoms with Crippen LogP contribution in [0.15, 0.2) is 67.3 Å². The average Bonchev–Trinajstić information content (AvgIpc) is 3.28. The number of hydrogen-bond acceptors (Lipinski definition) is 5. The summed E-state index contributed by atoms with van der Waals surface area (Å²) in [6.45, 7) is 1.62. The molecule has 0 saturated carbocycles. The number of aromatic amines is 1. The fraction of sp³-hybridized carbons (Fsp3) is 0.143. The van der Waals surface area contributed by atoms with Gasteiger partial charge in [-0.05, 0) is 29.8 Å². The lowest BCUT2D eigenvalue weighted by atomic mass is 10.1. The zero-order valence-corrected chi connectivity index (χ0v) is 15.1. The highest BCUT2D eigenvalue weighted by Crippen LogP contribution is 2.29. The smallest absolute Gasteiger partial charge is 0.246 e. The Labute approximate surface area is 161 Å². The number of carbonyl (C=O) groups is 1. The van der Waals surface area contributed by atoms with Gasteiger partial charge in [0.2, 0.25) is 5.91 Å². The maximum atomic E-state index is 12.8. The quantitative estimate of drug-likeness (QED) is 0.600. The first-order valence-electron chi connectivity index (χ1n) is 9.14. The van der Waals surface area contributed by atoms with Gasteiger partial charge >= 0.3 is 0 Å². The molecule has 3 heterocycles. The van der Waals surface area contributed by atoms with Crippen molar-refractivity contribution in [3.8, 4) is 11.1 Å². The lowest BCUT2D eigenvalue weighted by molar-refractivity contribution is -0.117. The zero-order chi connectivity index (χ0) is 18.9. The third-order valence-corrected chi connectivity index (χ3v) is 5.03. The van der Waals surface area contributed by atoms with Gasteiger partial charge in [-0.25, -0.2) is 9.97 Å². The predicted octanol–water partition coefficient (Wildman–Crippen LogP) is 2.87. The lowest BCUT2D eigenvalue weighted by Crippen LogP contribution is -2.51.